The number of H-pyrrole nitrogens is 1. The van der Waals surface area contributed by atoms with E-state index >= 15 is 0 Å². The molecule has 2 amide bonds. The molecule has 1 spiro atoms. The van der Waals surface area contributed by atoms with Crippen LogP contribution >= 0.6 is 11.6 Å². The number of ether oxygens (including phenoxy) is 1. The lowest BCUT2D eigenvalue weighted by Crippen LogP contribution is -2.52. The lowest BCUT2D eigenvalue weighted by atomic mass is 9.73. The van der Waals surface area contributed by atoms with Gasteiger partial charge in [-0.3, -0.25) is 9.89 Å². The molecule has 2 heterocycles. The molecule has 0 radical (unpaired) electrons. The van der Waals surface area contributed by atoms with Crippen molar-refractivity contribution in [3.8, 4) is 6.07 Å². The molecule has 33 heavy (non-hydrogen) atoms. The molecular weight excluding hydrogens is 444 g/mol. The van der Waals surface area contributed by atoms with Gasteiger partial charge in [0.1, 0.15) is 11.4 Å². The van der Waals surface area contributed by atoms with Gasteiger partial charge in [-0.2, -0.15) is 15.5 Å². The van der Waals surface area contributed by atoms with Crippen molar-refractivity contribution in [2.24, 2.45) is 11.0 Å². The van der Waals surface area contributed by atoms with Crippen molar-refractivity contribution in [3.63, 3.8) is 0 Å². The number of aromatic nitrogens is 2. The highest BCUT2D eigenvalue weighted by Gasteiger charge is 2.46. The minimum absolute atomic E-state index is 0.0229. The fourth-order valence-corrected chi connectivity index (χ4v) is 4.91. The molecule has 172 valence electrons. The van der Waals surface area contributed by atoms with Crippen molar-refractivity contribution in [3.05, 3.63) is 51.8 Å². The highest BCUT2D eigenvalue weighted by molar-refractivity contribution is 6.35. The number of aromatic amines is 1. The van der Waals surface area contributed by atoms with Crippen LogP contribution < -0.4 is 10.7 Å². The maximum Gasteiger partial charge on any atom is 0.428 e. The molecule has 10 heteroatoms. The molecule has 2 aromatic rings. The Balaban J connectivity index is 1.42. The molecule has 1 aromatic carbocycles. The molecule has 0 bridgehead atoms. The summed E-state index contributed by atoms with van der Waals surface area (Å²) in [6, 6.07) is 8.75. The topological polar surface area (TPSA) is 132 Å². The molecule has 1 aromatic heterocycles. The predicted molar refractivity (Wildman–Crippen MR) is 122 cm³/mol. The van der Waals surface area contributed by atoms with E-state index in [0.29, 0.717) is 46.3 Å². The van der Waals surface area contributed by atoms with E-state index in [0.717, 1.165) is 25.0 Å². The summed E-state index contributed by atoms with van der Waals surface area (Å²) in [6.07, 6.45) is 3.03. The first-order valence-corrected chi connectivity index (χ1v) is 11.3. The van der Waals surface area contributed by atoms with Crippen LogP contribution in [0, 0.1) is 24.2 Å². The first-order chi connectivity index (χ1) is 15.8. The van der Waals surface area contributed by atoms with Crippen LogP contribution in [0.2, 0.25) is 5.02 Å². The molecule has 1 fully saturated rings. The monoisotopic (exact) mass is 468 g/mol. The second kappa shape index (κ2) is 9.24. The minimum atomic E-state index is -0.865. The van der Waals surface area contributed by atoms with Gasteiger partial charge in [0.15, 0.2) is 5.60 Å². The SMILES string of the molecule is Cc1cc(C(=O)N[C@@H](C)CC2CCC3(CC2)OC(=O)NN=C3c2ccc(C#N)cc2Cl)n[nH]1. The minimum Gasteiger partial charge on any atom is -0.435 e. The standard InChI is InChI=1S/C23H25ClN6O3/c1-13(26-21(31)19-10-14(2)27-28-19)9-15-5-7-23(8-6-15)20(29-30-22(32)33-23)17-4-3-16(12-25)11-18(17)24/h3-4,10-11,13,15H,5-9H2,1-2H3,(H,26,31)(H,27,28)(H,30,32)/t13-,15?,23?/m0/s1. The van der Waals surface area contributed by atoms with E-state index in [-0.39, 0.29) is 11.9 Å². The highest BCUT2D eigenvalue weighted by atomic mass is 35.5. The summed E-state index contributed by atoms with van der Waals surface area (Å²) in [5.41, 5.74) is 4.40. The van der Waals surface area contributed by atoms with E-state index in [1.807, 2.05) is 13.8 Å². The van der Waals surface area contributed by atoms with Crippen LogP contribution in [0.3, 0.4) is 0 Å². The average Bonchev–Trinajstić information content (AvgIpc) is 3.22. The van der Waals surface area contributed by atoms with Gasteiger partial charge in [0.25, 0.3) is 5.91 Å². The number of hydrogen-bond donors (Lipinski definition) is 3. The van der Waals surface area contributed by atoms with Crippen LogP contribution in [0.15, 0.2) is 29.4 Å². The number of benzene rings is 1. The maximum atomic E-state index is 12.4. The number of hydrogen-bond acceptors (Lipinski definition) is 6. The van der Waals surface area contributed by atoms with Crippen molar-refractivity contribution in [2.75, 3.05) is 0 Å². The van der Waals surface area contributed by atoms with E-state index in [9.17, 15) is 9.59 Å². The highest BCUT2D eigenvalue weighted by Crippen LogP contribution is 2.41. The Morgan fingerprint density at radius 2 is 2.15 bits per heavy atom. The van der Waals surface area contributed by atoms with E-state index in [2.05, 4.69) is 32.1 Å². The number of carbonyl (C=O) groups is 2. The molecule has 9 nitrogen and oxygen atoms in total. The van der Waals surface area contributed by atoms with E-state index in [4.69, 9.17) is 21.6 Å². The van der Waals surface area contributed by atoms with E-state index < -0.39 is 11.7 Å². The summed E-state index contributed by atoms with van der Waals surface area (Å²) >= 11 is 6.43. The molecular formula is C23H25ClN6O3. The van der Waals surface area contributed by atoms with Crippen LogP contribution in [0.5, 0.6) is 0 Å². The molecule has 1 aliphatic heterocycles. The van der Waals surface area contributed by atoms with Gasteiger partial charge in [-0.1, -0.05) is 17.7 Å². The van der Waals surface area contributed by atoms with Gasteiger partial charge in [0.2, 0.25) is 0 Å². The number of amides is 2. The van der Waals surface area contributed by atoms with Crippen molar-refractivity contribution < 1.29 is 14.3 Å². The summed E-state index contributed by atoms with van der Waals surface area (Å²) in [5.74, 6) is 0.161. The third-order valence-corrected chi connectivity index (χ3v) is 6.56. The lowest BCUT2D eigenvalue weighted by molar-refractivity contribution is 0.0154. The predicted octanol–water partition coefficient (Wildman–Crippen LogP) is 3.82. The van der Waals surface area contributed by atoms with Gasteiger partial charge in [0.05, 0.1) is 16.7 Å². The summed E-state index contributed by atoms with van der Waals surface area (Å²) in [7, 11) is 0. The molecule has 0 saturated heterocycles. The number of rotatable bonds is 5. The third-order valence-electron chi connectivity index (χ3n) is 6.25. The van der Waals surface area contributed by atoms with Crippen LogP contribution in [-0.2, 0) is 4.74 Å². The van der Waals surface area contributed by atoms with Crippen LogP contribution in [0.1, 0.15) is 66.3 Å². The smallest absolute Gasteiger partial charge is 0.428 e. The zero-order valence-electron chi connectivity index (χ0n) is 18.4. The van der Waals surface area contributed by atoms with Crippen molar-refractivity contribution in [1.29, 1.82) is 5.26 Å². The van der Waals surface area contributed by atoms with Gasteiger partial charge in [-0.15, -0.1) is 0 Å². The molecule has 1 aliphatic carbocycles. The number of nitriles is 1. The van der Waals surface area contributed by atoms with Crippen LogP contribution in [0.4, 0.5) is 4.79 Å². The van der Waals surface area contributed by atoms with Gasteiger partial charge in [-0.25, -0.2) is 10.2 Å². The number of hydrazone groups is 1. The van der Waals surface area contributed by atoms with Crippen molar-refractivity contribution >= 4 is 29.3 Å². The molecule has 3 N–H and O–H groups in total. The van der Waals surface area contributed by atoms with E-state index in [1.165, 1.54) is 0 Å². The Bertz CT molecular complexity index is 1140. The van der Waals surface area contributed by atoms with Crippen molar-refractivity contribution in [1.82, 2.24) is 20.9 Å². The summed E-state index contributed by atoms with van der Waals surface area (Å²) in [5, 5.41) is 23.6. The Hall–Kier alpha value is -3.38. The Labute approximate surface area is 196 Å². The zero-order valence-corrected chi connectivity index (χ0v) is 19.2. The number of nitrogens with one attached hydrogen (secondary N) is 3. The second-order valence-corrected chi connectivity index (χ2v) is 9.16. The Kier molecular flexibility index (Phi) is 6.38. The lowest BCUT2D eigenvalue weighted by Gasteiger charge is -2.42. The second-order valence-electron chi connectivity index (χ2n) is 8.75. The quantitative estimate of drug-likeness (QED) is 0.613. The first-order valence-electron chi connectivity index (χ1n) is 10.9. The average molecular weight is 469 g/mol. The van der Waals surface area contributed by atoms with Crippen molar-refractivity contribution in [2.45, 2.75) is 57.6 Å². The van der Waals surface area contributed by atoms with Crippen LogP contribution in [-0.4, -0.2) is 39.6 Å². The Morgan fingerprint density at radius 3 is 2.79 bits per heavy atom. The maximum absolute atomic E-state index is 12.4. The number of halogens is 1. The summed E-state index contributed by atoms with van der Waals surface area (Å²) in [4.78, 5) is 24.4. The molecule has 4 rings (SSSR count). The molecule has 0 unspecified atom stereocenters. The third kappa shape index (κ3) is 4.86. The fraction of sp³-hybridized carbons (Fsp3) is 0.435. The molecule has 2 aliphatic rings. The Morgan fingerprint density at radius 1 is 1.39 bits per heavy atom. The molecule has 1 atom stereocenters. The van der Waals surface area contributed by atoms with Gasteiger partial charge in [-0.05, 0) is 70.1 Å². The number of carbonyl (C=O) groups excluding carboxylic acids is 2. The number of aryl methyl sites for hydroxylation is 1. The van der Waals surface area contributed by atoms with Gasteiger partial charge < -0.3 is 10.1 Å². The van der Waals surface area contributed by atoms with Gasteiger partial charge >= 0.3 is 6.09 Å². The fourth-order valence-electron chi connectivity index (χ4n) is 4.64. The van der Waals surface area contributed by atoms with Crippen LogP contribution in [0.25, 0.3) is 0 Å². The normalized spacial score (nSPS) is 23.2. The zero-order chi connectivity index (χ0) is 23.6. The number of nitrogens with zero attached hydrogens (tertiary/aromatic N) is 3. The summed E-state index contributed by atoms with van der Waals surface area (Å²) in [6.45, 7) is 3.83. The largest absolute Gasteiger partial charge is 0.435 e. The van der Waals surface area contributed by atoms with Gasteiger partial charge in [0, 0.05) is 17.3 Å². The first kappa shape index (κ1) is 22.8. The van der Waals surface area contributed by atoms with E-state index in [1.54, 1.807) is 24.3 Å². The summed E-state index contributed by atoms with van der Waals surface area (Å²) < 4.78 is 5.79. The molecule has 1 saturated carbocycles.